The third-order valence-electron chi connectivity index (χ3n) is 3.85. The second-order valence-electron chi connectivity index (χ2n) is 5.62. The van der Waals surface area contributed by atoms with Crippen LogP contribution in [0.25, 0.3) is 0 Å². The number of piperidine rings is 1. The number of amides is 3. The van der Waals surface area contributed by atoms with E-state index in [1.165, 1.54) is 29.2 Å². The van der Waals surface area contributed by atoms with E-state index < -0.39 is 17.7 Å². The molecule has 1 fully saturated rings. The molecular weight excluding hydrogens is 317 g/mol. The van der Waals surface area contributed by atoms with Gasteiger partial charge in [0.05, 0.1) is 5.92 Å². The minimum Gasteiger partial charge on any atom is -0.481 e. The van der Waals surface area contributed by atoms with Crippen LogP contribution in [0.1, 0.15) is 23.2 Å². The van der Waals surface area contributed by atoms with Gasteiger partial charge in [0.15, 0.2) is 0 Å². The van der Waals surface area contributed by atoms with Crippen molar-refractivity contribution in [3.63, 3.8) is 0 Å². The Balaban J connectivity index is 1.70. The quantitative estimate of drug-likeness (QED) is 0.700. The average Bonchev–Trinajstić information content (AvgIpc) is 2.59. The maximum Gasteiger partial charge on any atom is 0.317 e. The third-order valence-corrected chi connectivity index (χ3v) is 3.85. The van der Waals surface area contributed by atoms with Gasteiger partial charge in [-0.2, -0.15) is 0 Å². The van der Waals surface area contributed by atoms with Crippen LogP contribution in [-0.2, 0) is 4.79 Å². The van der Waals surface area contributed by atoms with E-state index in [0.717, 1.165) is 0 Å². The van der Waals surface area contributed by atoms with Gasteiger partial charge >= 0.3 is 12.0 Å². The molecule has 1 heterocycles. The molecule has 24 heavy (non-hydrogen) atoms. The Hall–Kier alpha value is -2.64. The lowest BCUT2D eigenvalue weighted by Crippen LogP contribution is -2.48. The third kappa shape index (κ3) is 4.94. The van der Waals surface area contributed by atoms with Crippen molar-refractivity contribution in [2.75, 3.05) is 26.2 Å². The van der Waals surface area contributed by atoms with Gasteiger partial charge < -0.3 is 20.6 Å². The van der Waals surface area contributed by atoms with Gasteiger partial charge in [0.1, 0.15) is 5.82 Å². The van der Waals surface area contributed by atoms with Crippen molar-refractivity contribution in [2.45, 2.75) is 12.8 Å². The Bertz CT molecular complexity index is 606. The van der Waals surface area contributed by atoms with Gasteiger partial charge in [-0.1, -0.05) is 0 Å². The van der Waals surface area contributed by atoms with Crippen LogP contribution in [0.4, 0.5) is 9.18 Å². The molecule has 0 aliphatic carbocycles. The molecule has 130 valence electrons. The number of nitrogens with zero attached hydrogens (tertiary/aromatic N) is 1. The Labute approximate surface area is 138 Å². The predicted molar refractivity (Wildman–Crippen MR) is 84.1 cm³/mol. The first-order valence-electron chi connectivity index (χ1n) is 7.76. The Kier molecular flexibility index (Phi) is 6.11. The van der Waals surface area contributed by atoms with Gasteiger partial charge in [-0.05, 0) is 37.1 Å². The summed E-state index contributed by atoms with van der Waals surface area (Å²) in [5.41, 5.74) is 0.336. The van der Waals surface area contributed by atoms with Crippen LogP contribution in [0.15, 0.2) is 24.3 Å². The number of rotatable bonds is 5. The maximum absolute atomic E-state index is 12.8. The lowest BCUT2D eigenvalue weighted by molar-refractivity contribution is -0.143. The zero-order valence-corrected chi connectivity index (χ0v) is 13.1. The molecule has 7 nitrogen and oxygen atoms in total. The molecule has 8 heteroatoms. The fraction of sp³-hybridized carbons (Fsp3) is 0.438. The van der Waals surface area contributed by atoms with Crippen molar-refractivity contribution in [2.24, 2.45) is 5.92 Å². The van der Waals surface area contributed by atoms with Crippen molar-refractivity contribution >= 4 is 17.9 Å². The first-order valence-corrected chi connectivity index (χ1v) is 7.76. The summed E-state index contributed by atoms with van der Waals surface area (Å²) in [6.45, 7) is 1.17. The normalized spacial score (nSPS) is 17.2. The molecule has 1 unspecified atom stereocenters. The number of nitrogens with one attached hydrogen (secondary N) is 2. The van der Waals surface area contributed by atoms with Crippen molar-refractivity contribution in [1.82, 2.24) is 15.5 Å². The topological polar surface area (TPSA) is 98.7 Å². The fourth-order valence-corrected chi connectivity index (χ4v) is 2.52. The van der Waals surface area contributed by atoms with Crippen LogP contribution in [0.2, 0.25) is 0 Å². The number of likely N-dealkylation sites (tertiary alicyclic amines) is 1. The molecule has 1 aliphatic heterocycles. The van der Waals surface area contributed by atoms with E-state index in [-0.39, 0.29) is 31.6 Å². The summed E-state index contributed by atoms with van der Waals surface area (Å²) in [7, 11) is 0. The van der Waals surface area contributed by atoms with E-state index in [0.29, 0.717) is 24.9 Å². The van der Waals surface area contributed by atoms with E-state index in [4.69, 9.17) is 5.11 Å². The number of benzene rings is 1. The molecule has 0 radical (unpaired) electrons. The molecule has 0 saturated carbocycles. The Morgan fingerprint density at radius 3 is 2.50 bits per heavy atom. The zero-order valence-electron chi connectivity index (χ0n) is 13.1. The van der Waals surface area contributed by atoms with E-state index in [1.807, 2.05) is 0 Å². The van der Waals surface area contributed by atoms with Crippen molar-refractivity contribution in [3.8, 4) is 0 Å². The second kappa shape index (κ2) is 8.28. The van der Waals surface area contributed by atoms with Gasteiger partial charge in [0, 0.05) is 31.7 Å². The van der Waals surface area contributed by atoms with Crippen LogP contribution in [0, 0.1) is 11.7 Å². The van der Waals surface area contributed by atoms with Crippen LogP contribution in [-0.4, -0.2) is 54.1 Å². The number of hydrogen-bond acceptors (Lipinski definition) is 3. The van der Waals surface area contributed by atoms with Crippen LogP contribution >= 0.6 is 0 Å². The van der Waals surface area contributed by atoms with Gasteiger partial charge in [-0.3, -0.25) is 9.59 Å². The molecular formula is C16H20FN3O4. The Morgan fingerprint density at radius 1 is 1.17 bits per heavy atom. The number of carboxylic acid groups (broad SMARTS) is 1. The molecule has 3 amide bonds. The number of carbonyl (C=O) groups is 3. The van der Waals surface area contributed by atoms with Crippen molar-refractivity contribution in [1.29, 1.82) is 0 Å². The van der Waals surface area contributed by atoms with Crippen LogP contribution in [0.3, 0.4) is 0 Å². The van der Waals surface area contributed by atoms with Crippen LogP contribution in [0.5, 0.6) is 0 Å². The molecule has 0 spiro atoms. The highest BCUT2D eigenvalue weighted by Crippen LogP contribution is 2.16. The van der Waals surface area contributed by atoms with E-state index in [2.05, 4.69) is 10.6 Å². The largest absolute Gasteiger partial charge is 0.481 e. The SMILES string of the molecule is O=C(NCCNC(=O)N1CCCC(C(=O)O)C1)c1ccc(F)cc1. The van der Waals surface area contributed by atoms with Crippen molar-refractivity contribution < 1.29 is 23.9 Å². The smallest absolute Gasteiger partial charge is 0.317 e. The van der Waals surface area contributed by atoms with Gasteiger partial charge in [-0.25, -0.2) is 9.18 Å². The summed E-state index contributed by atoms with van der Waals surface area (Å²) in [4.78, 5) is 36.2. The first-order chi connectivity index (χ1) is 11.5. The van der Waals surface area contributed by atoms with E-state index >= 15 is 0 Å². The number of hydrogen-bond donors (Lipinski definition) is 3. The summed E-state index contributed by atoms with van der Waals surface area (Å²) in [6, 6.07) is 4.82. The standard InChI is InChI=1S/C16H20FN3O4/c17-13-5-3-11(4-6-13)14(21)18-7-8-19-16(24)20-9-1-2-12(10-20)15(22)23/h3-6,12H,1-2,7-10H2,(H,18,21)(H,19,24)(H,22,23). The summed E-state index contributed by atoms with van der Waals surface area (Å²) >= 11 is 0. The minimum atomic E-state index is -0.890. The average molecular weight is 337 g/mol. The monoisotopic (exact) mass is 337 g/mol. The van der Waals surface area contributed by atoms with Crippen molar-refractivity contribution in [3.05, 3.63) is 35.6 Å². The van der Waals surface area contributed by atoms with E-state index in [1.54, 1.807) is 0 Å². The predicted octanol–water partition coefficient (Wildman–Crippen LogP) is 1.06. The maximum atomic E-state index is 12.8. The molecule has 1 aromatic carbocycles. The van der Waals surface area contributed by atoms with Gasteiger partial charge in [0.25, 0.3) is 5.91 Å². The van der Waals surface area contributed by atoms with Crippen LogP contribution < -0.4 is 10.6 Å². The summed E-state index contributed by atoms with van der Waals surface area (Å²) in [5, 5.41) is 14.3. The minimum absolute atomic E-state index is 0.198. The fourth-order valence-electron chi connectivity index (χ4n) is 2.52. The first kappa shape index (κ1) is 17.7. The molecule has 1 aliphatic rings. The second-order valence-corrected chi connectivity index (χ2v) is 5.62. The number of urea groups is 1. The summed E-state index contributed by atoms with van der Waals surface area (Å²) < 4.78 is 12.8. The summed E-state index contributed by atoms with van der Waals surface area (Å²) in [6.07, 6.45) is 1.23. The molecule has 0 aromatic heterocycles. The lowest BCUT2D eigenvalue weighted by Gasteiger charge is -2.30. The number of carbonyl (C=O) groups excluding carboxylic acids is 2. The lowest BCUT2D eigenvalue weighted by atomic mass is 9.99. The van der Waals surface area contributed by atoms with E-state index in [9.17, 15) is 18.8 Å². The van der Waals surface area contributed by atoms with Gasteiger partial charge in [0.2, 0.25) is 0 Å². The highest BCUT2D eigenvalue weighted by atomic mass is 19.1. The molecule has 2 rings (SSSR count). The molecule has 1 saturated heterocycles. The molecule has 1 aromatic rings. The number of halogens is 1. The number of carboxylic acids is 1. The Morgan fingerprint density at radius 2 is 1.83 bits per heavy atom. The number of aliphatic carboxylic acids is 1. The molecule has 3 N–H and O–H groups in total. The van der Waals surface area contributed by atoms with Gasteiger partial charge in [-0.15, -0.1) is 0 Å². The highest BCUT2D eigenvalue weighted by molar-refractivity contribution is 5.94. The summed E-state index contributed by atoms with van der Waals surface area (Å²) in [5.74, 6) is -2.19. The molecule has 0 bridgehead atoms. The zero-order chi connectivity index (χ0) is 17.5. The highest BCUT2D eigenvalue weighted by Gasteiger charge is 2.27. The molecule has 1 atom stereocenters.